The number of aliphatic hydroxyl groups is 1. The summed E-state index contributed by atoms with van der Waals surface area (Å²) in [6.45, 7) is 10.3. The van der Waals surface area contributed by atoms with Gasteiger partial charge in [-0.05, 0) is 81.6 Å². The fourth-order valence-electron chi connectivity index (χ4n) is 11.4. The molecular weight excluding hydrogens is 708 g/mol. The molecule has 0 aromatic carbocycles. The second-order valence-electron chi connectivity index (χ2n) is 16.5. The number of fused-ring (bicyclic) bond motifs is 5. The van der Waals surface area contributed by atoms with Crippen LogP contribution in [0.2, 0.25) is 0 Å². The van der Waals surface area contributed by atoms with Gasteiger partial charge in [-0.2, -0.15) is 0 Å². The van der Waals surface area contributed by atoms with Crippen molar-refractivity contribution in [1.29, 1.82) is 0 Å². The third-order valence-corrected chi connectivity index (χ3v) is 13.5. The van der Waals surface area contributed by atoms with Crippen LogP contribution >= 0.6 is 0 Å². The summed E-state index contributed by atoms with van der Waals surface area (Å²) in [5.41, 5.74) is -1.50. The molecule has 2 heterocycles. The molecule has 54 heavy (non-hydrogen) atoms. The van der Waals surface area contributed by atoms with Gasteiger partial charge in [0, 0.05) is 57.4 Å². The number of cyclic esters (lactones) is 1. The first-order valence-electron chi connectivity index (χ1n) is 19.1. The Kier molecular flexibility index (Phi) is 11.3. The highest BCUT2D eigenvalue weighted by Gasteiger charge is 2.71. The van der Waals surface area contributed by atoms with Crippen LogP contribution in [-0.2, 0) is 66.7 Å². The lowest BCUT2D eigenvalue weighted by atomic mass is 9.42. The van der Waals surface area contributed by atoms with Crippen LogP contribution < -0.4 is 0 Å². The number of ether oxygens (including phenoxy) is 8. The van der Waals surface area contributed by atoms with E-state index < -0.39 is 89.2 Å². The lowest BCUT2D eigenvalue weighted by Gasteiger charge is -2.65. The fraction of sp³-hybridized carbons (Fsp3) is 0.795. The molecule has 2 aliphatic heterocycles. The molecular formula is C39H54O15. The van der Waals surface area contributed by atoms with Crippen molar-refractivity contribution >= 4 is 35.8 Å². The van der Waals surface area contributed by atoms with Gasteiger partial charge in [0.1, 0.15) is 12.7 Å². The first-order chi connectivity index (χ1) is 25.4. The van der Waals surface area contributed by atoms with Crippen molar-refractivity contribution in [3.63, 3.8) is 0 Å². The second-order valence-corrected chi connectivity index (χ2v) is 16.5. The maximum absolute atomic E-state index is 12.9. The first-order valence-corrected chi connectivity index (χ1v) is 19.1. The second kappa shape index (κ2) is 15.2. The van der Waals surface area contributed by atoms with Gasteiger partial charge in [0.15, 0.2) is 24.6 Å². The molecule has 4 aliphatic carbocycles. The Morgan fingerprint density at radius 1 is 0.778 bits per heavy atom. The van der Waals surface area contributed by atoms with Gasteiger partial charge in [-0.3, -0.25) is 24.0 Å². The van der Waals surface area contributed by atoms with E-state index in [9.17, 15) is 33.9 Å². The minimum Gasteiger partial charge on any atom is -0.465 e. The van der Waals surface area contributed by atoms with Crippen LogP contribution in [0.3, 0.4) is 0 Å². The van der Waals surface area contributed by atoms with Crippen molar-refractivity contribution in [3.05, 3.63) is 11.6 Å². The van der Waals surface area contributed by atoms with Gasteiger partial charge in [-0.15, -0.1) is 0 Å². The molecule has 6 rings (SSSR count). The summed E-state index contributed by atoms with van der Waals surface area (Å²) in [4.78, 5) is 73.8. The van der Waals surface area contributed by atoms with Crippen molar-refractivity contribution < 1.29 is 71.8 Å². The SMILES string of the molecule is CC(=O)OC[C@]12CC[C@H](O[C@H]3O[C@@H](C)[C@@H](OC(C)=O)[C@@H](OC(C)=O)[C@H]3OC(C)=O)C[C@@H]1[C@@H](OC(C)=O)C[C@H]1[C@H]2CC[C@]2(C)[C@H](C3=CC(=O)OC3)CC[C@]12O. The van der Waals surface area contributed by atoms with Gasteiger partial charge in [0.25, 0.3) is 0 Å². The monoisotopic (exact) mass is 762 g/mol. The number of rotatable bonds is 9. The molecule has 15 nitrogen and oxygen atoms in total. The minimum absolute atomic E-state index is 0.0485. The lowest BCUT2D eigenvalue weighted by Crippen LogP contribution is -2.67. The molecule has 1 N–H and O–H groups in total. The molecule has 6 aliphatic rings. The maximum Gasteiger partial charge on any atom is 0.331 e. The van der Waals surface area contributed by atoms with Gasteiger partial charge >= 0.3 is 35.8 Å². The first kappa shape index (κ1) is 40.1. The normalized spacial score (nSPS) is 42.6. The summed E-state index contributed by atoms with van der Waals surface area (Å²) in [6, 6.07) is 0. The summed E-state index contributed by atoms with van der Waals surface area (Å²) >= 11 is 0. The van der Waals surface area contributed by atoms with E-state index >= 15 is 0 Å². The van der Waals surface area contributed by atoms with Gasteiger partial charge in [-0.1, -0.05) is 6.92 Å². The zero-order chi connectivity index (χ0) is 39.3. The van der Waals surface area contributed by atoms with E-state index in [-0.39, 0.29) is 42.9 Å². The molecule has 0 radical (unpaired) electrons. The van der Waals surface area contributed by atoms with Crippen LogP contribution in [0, 0.1) is 34.5 Å². The van der Waals surface area contributed by atoms with Gasteiger partial charge < -0.3 is 43.0 Å². The predicted molar refractivity (Wildman–Crippen MR) is 183 cm³/mol. The Bertz CT molecular complexity index is 1560. The average molecular weight is 763 g/mol. The number of esters is 6. The predicted octanol–water partition coefficient (Wildman–Crippen LogP) is 3.25. The maximum atomic E-state index is 12.9. The van der Waals surface area contributed by atoms with Crippen LogP contribution in [0.1, 0.15) is 99.8 Å². The number of carbonyl (C=O) groups is 6. The molecule has 4 saturated carbocycles. The van der Waals surface area contributed by atoms with Crippen LogP contribution in [-0.4, -0.2) is 103 Å². The highest BCUT2D eigenvalue weighted by atomic mass is 16.7. The zero-order valence-electron chi connectivity index (χ0n) is 32.2. The molecule has 0 amide bonds. The van der Waals surface area contributed by atoms with Crippen LogP contribution in [0.4, 0.5) is 0 Å². The highest BCUT2D eigenvalue weighted by molar-refractivity contribution is 5.85. The van der Waals surface area contributed by atoms with Gasteiger partial charge in [0.05, 0.1) is 24.4 Å². The van der Waals surface area contributed by atoms with E-state index in [0.717, 1.165) is 12.0 Å². The third kappa shape index (κ3) is 7.27. The highest BCUT2D eigenvalue weighted by Crippen LogP contribution is 2.70. The average Bonchev–Trinajstić information content (AvgIpc) is 3.62. The molecule has 0 aromatic rings. The van der Waals surface area contributed by atoms with Crippen LogP contribution in [0.5, 0.6) is 0 Å². The third-order valence-electron chi connectivity index (χ3n) is 13.5. The Morgan fingerprint density at radius 2 is 1.43 bits per heavy atom. The molecule has 15 heteroatoms. The summed E-state index contributed by atoms with van der Waals surface area (Å²) in [6.07, 6.45) is -1.03. The zero-order valence-corrected chi connectivity index (χ0v) is 32.2. The Labute approximate surface area is 315 Å². The lowest BCUT2D eigenvalue weighted by molar-refractivity contribution is -0.318. The molecule has 0 spiro atoms. The van der Waals surface area contributed by atoms with E-state index in [0.29, 0.717) is 44.9 Å². The molecule has 5 fully saturated rings. The summed E-state index contributed by atoms with van der Waals surface area (Å²) < 4.78 is 46.7. The van der Waals surface area contributed by atoms with Crippen LogP contribution in [0.25, 0.3) is 0 Å². The van der Waals surface area contributed by atoms with Gasteiger partial charge in [0.2, 0.25) is 0 Å². The van der Waals surface area contributed by atoms with Crippen LogP contribution in [0.15, 0.2) is 11.6 Å². The molecule has 1 saturated heterocycles. The largest absolute Gasteiger partial charge is 0.465 e. The summed E-state index contributed by atoms with van der Waals surface area (Å²) in [5.74, 6) is -4.12. The van der Waals surface area contributed by atoms with E-state index in [1.54, 1.807) is 13.0 Å². The van der Waals surface area contributed by atoms with E-state index in [1.165, 1.54) is 34.6 Å². The molecule has 300 valence electrons. The van der Waals surface area contributed by atoms with E-state index in [2.05, 4.69) is 6.92 Å². The molecule has 0 aromatic heterocycles. The number of hydrogen-bond acceptors (Lipinski definition) is 15. The molecule has 0 unspecified atom stereocenters. The van der Waals surface area contributed by atoms with Crippen molar-refractivity contribution in [1.82, 2.24) is 0 Å². The van der Waals surface area contributed by atoms with Crippen molar-refractivity contribution in [2.75, 3.05) is 13.2 Å². The molecule has 0 bridgehead atoms. The van der Waals surface area contributed by atoms with E-state index in [4.69, 9.17) is 37.9 Å². The standard InChI is InChI=1S/C39H54O15/c1-19-33(51-22(4)42)34(52-23(5)43)35(53-24(6)44)36(49-19)54-26-8-12-38(18-48-20(2)40)28-9-11-37(7)27(25-14-32(45)47-17-25)10-13-39(37,46)29(28)16-31(30(38)15-26)50-21(3)41/h14,19,26-31,33-36,46H,8-13,15-18H2,1-7H3/t19-,26-,27-,28+,29-,30+,31-,33+,34+,35+,36+,37+,38-,39-/m0/s1. The minimum atomic E-state index is -1.28. The fourth-order valence-corrected chi connectivity index (χ4v) is 11.4. The van der Waals surface area contributed by atoms with Gasteiger partial charge in [-0.25, -0.2) is 4.79 Å². The topological polar surface area (TPSA) is 196 Å². The quantitative estimate of drug-likeness (QED) is 0.204. The van der Waals surface area contributed by atoms with Crippen molar-refractivity contribution in [2.24, 2.45) is 34.5 Å². The molecule has 14 atom stereocenters. The van der Waals surface area contributed by atoms with Crippen molar-refractivity contribution in [2.45, 2.75) is 148 Å². The Morgan fingerprint density at radius 3 is 2.04 bits per heavy atom. The van der Waals surface area contributed by atoms with Crippen molar-refractivity contribution in [3.8, 4) is 0 Å². The van der Waals surface area contributed by atoms with E-state index in [1.807, 2.05) is 0 Å². The number of carbonyl (C=O) groups excluding carboxylic acids is 6. The summed E-state index contributed by atoms with van der Waals surface area (Å²) in [5, 5.41) is 12.9. The summed E-state index contributed by atoms with van der Waals surface area (Å²) in [7, 11) is 0. The smallest absolute Gasteiger partial charge is 0.331 e. The Balaban J connectivity index is 1.32. The number of hydrogen-bond donors (Lipinski definition) is 1. The Hall–Kier alpha value is -3.56.